The van der Waals surface area contributed by atoms with Crippen LogP contribution in [0.2, 0.25) is 0 Å². The Bertz CT molecular complexity index is 862. The smallest absolute Gasteiger partial charge is 0.258 e. The van der Waals surface area contributed by atoms with E-state index in [2.05, 4.69) is 15.9 Å². The van der Waals surface area contributed by atoms with Crippen molar-refractivity contribution in [1.29, 1.82) is 0 Å². The van der Waals surface area contributed by atoms with Crippen molar-refractivity contribution in [1.82, 2.24) is 9.80 Å². The topological polar surface area (TPSA) is 63.0 Å². The molecule has 3 rings (SSSR count). The average molecular weight is 435 g/mol. The third-order valence-corrected chi connectivity index (χ3v) is 5.76. The van der Waals surface area contributed by atoms with Gasteiger partial charge >= 0.3 is 0 Å². The van der Waals surface area contributed by atoms with Crippen molar-refractivity contribution in [3.8, 4) is 5.75 Å². The summed E-state index contributed by atoms with van der Waals surface area (Å²) in [6.07, 6.45) is 0.722. The van der Waals surface area contributed by atoms with Crippen LogP contribution >= 0.6 is 15.9 Å². The van der Waals surface area contributed by atoms with Gasteiger partial charge in [0.2, 0.25) is 0 Å². The number of halogens is 1. The third-order valence-electron chi connectivity index (χ3n) is 4.81. The number of furan rings is 1. The Morgan fingerprint density at radius 1 is 1.00 bits per heavy atom. The van der Waals surface area contributed by atoms with Crippen LogP contribution in [-0.4, -0.2) is 54.9 Å². The van der Waals surface area contributed by atoms with E-state index >= 15 is 0 Å². The minimum absolute atomic E-state index is 0.0668. The van der Waals surface area contributed by atoms with Gasteiger partial charge in [0.1, 0.15) is 17.3 Å². The number of hydrogen-bond acceptors (Lipinski definition) is 4. The van der Waals surface area contributed by atoms with E-state index in [4.69, 9.17) is 9.15 Å². The van der Waals surface area contributed by atoms with Gasteiger partial charge in [-0.2, -0.15) is 0 Å². The molecule has 6 nitrogen and oxygen atoms in total. The van der Waals surface area contributed by atoms with E-state index in [0.29, 0.717) is 59.0 Å². The molecule has 2 amide bonds. The molecule has 2 heterocycles. The first-order valence-electron chi connectivity index (χ1n) is 8.91. The maximum Gasteiger partial charge on any atom is 0.258 e. The molecule has 1 fully saturated rings. The SMILES string of the molecule is COc1ccccc1C(=O)N1CCCN(C(=O)c2c(C)oc(C)c2Br)CC1. The molecule has 0 atom stereocenters. The summed E-state index contributed by atoms with van der Waals surface area (Å²) in [5, 5.41) is 0. The largest absolute Gasteiger partial charge is 0.496 e. The molecule has 1 aromatic heterocycles. The maximum atomic E-state index is 13.0. The van der Waals surface area contributed by atoms with Gasteiger partial charge in [0.25, 0.3) is 11.8 Å². The first-order valence-corrected chi connectivity index (χ1v) is 9.70. The van der Waals surface area contributed by atoms with Crippen LogP contribution in [0.4, 0.5) is 0 Å². The van der Waals surface area contributed by atoms with Crippen molar-refractivity contribution in [2.45, 2.75) is 20.3 Å². The van der Waals surface area contributed by atoms with Gasteiger partial charge in [-0.3, -0.25) is 9.59 Å². The number of hydrogen-bond donors (Lipinski definition) is 0. The molecule has 1 aliphatic heterocycles. The molecule has 0 saturated carbocycles. The molecule has 1 saturated heterocycles. The van der Waals surface area contributed by atoms with Crippen LogP contribution < -0.4 is 4.74 Å². The van der Waals surface area contributed by atoms with E-state index in [1.54, 1.807) is 36.0 Å². The second kappa shape index (κ2) is 8.17. The predicted molar refractivity (Wildman–Crippen MR) is 105 cm³/mol. The quantitative estimate of drug-likeness (QED) is 0.739. The summed E-state index contributed by atoms with van der Waals surface area (Å²) in [5.74, 6) is 1.73. The summed E-state index contributed by atoms with van der Waals surface area (Å²) in [7, 11) is 1.56. The molecule has 0 aliphatic carbocycles. The highest BCUT2D eigenvalue weighted by Gasteiger charge is 2.28. The Morgan fingerprint density at radius 2 is 1.63 bits per heavy atom. The minimum Gasteiger partial charge on any atom is -0.496 e. The van der Waals surface area contributed by atoms with Crippen molar-refractivity contribution in [2.75, 3.05) is 33.3 Å². The molecule has 144 valence electrons. The summed E-state index contributed by atoms with van der Waals surface area (Å²) in [6.45, 7) is 5.78. The number of carbonyl (C=O) groups excluding carboxylic acids is 2. The molecule has 0 N–H and O–H groups in total. The zero-order valence-electron chi connectivity index (χ0n) is 15.8. The van der Waals surface area contributed by atoms with E-state index in [0.717, 1.165) is 6.42 Å². The van der Waals surface area contributed by atoms with Gasteiger partial charge in [0.15, 0.2) is 0 Å². The van der Waals surface area contributed by atoms with Gasteiger partial charge in [-0.1, -0.05) is 12.1 Å². The number of carbonyl (C=O) groups is 2. The first kappa shape index (κ1) is 19.5. The normalized spacial score (nSPS) is 14.8. The number of amides is 2. The van der Waals surface area contributed by atoms with Crippen molar-refractivity contribution in [2.24, 2.45) is 0 Å². The summed E-state index contributed by atoms with van der Waals surface area (Å²) in [6, 6.07) is 7.21. The average Bonchev–Trinajstić information content (AvgIpc) is 2.85. The number of ether oxygens (including phenoxy) is 1. The van der Waals surface area contributed by atoms with Crippen LogP contribution in [0.5, 0.6) is 5.75 Å². The van der Waals surface area contributed by atoms with Crippen LogP contribution in [0.1, 0.15) is 38.7 Å². The molecular formula is C20H23BrN2O4. The van der Waals surface area contributed by atoms with Crippen molar-refractivity contribution in [3.63, 3.8) is 0 Å². The molecule has 7 heteroatoms. The molecule has 1 aromatic carbocycles. The molecule has 1 aliphatic rings. The summed E-state index contributed by atoms with van der Waals surface area (Å²) < 4.78 is 11.6. The van der Waals surface area contributed by atoms with Crippen LogP contribution in [-0.2, 0) is 0 Å². The lowest BCUT2D eigenvalue weighted by Crippen LogP contribution is -2.37. The Kier molecular flexibility index (Phi) is 5.89. The number of benzene rings is 1. The molecule has 0 spiro atoms. The molecular weight excluding hydrogens is 412 g/mol. The van der Waals surface area contributed by atoms with Crippen LogP contribution in [0.25, 0.3) is 0 Å². The number of nitrogens with zero attached hydrogens (tertiary/aromatic N) is 2. The van der Waals surface area contributed by atoms with Gasteiger partial charge in [-0.25, -0.2) is 0 Å². The lowest BCUT2D eigenvalue weighted by Gasteiger charge is -2.23. The van der Waals surface area contributed by atoms with Crippen molar-refractivity contribution >= 4 is 27.7 Å². The van der Waals surface area contributed by atoms with E-state index in [9.17, 15) is 9.59 Å². The van der Waals surface area contributed by atoms with E-state index < -0.39 is 0 Å². The monoisotopic (exact) mass is 434 g/mol. The van der Waals surface area contributed by atoms with Crippen LogP contribution in [0.3, 0.4) is 0 Å². The van der Waals surface area contributed by atoms with Gasteiger partial charge in [0, 0.05) is 26.2 Å². The molecule has 0 radical (unpaired) electrons. The Labute approximate surface area is 167 Å². The highest BCUT2D eigenvalue weighted by atomic mass is 79.9. The lowest BCUT2D eigenvalue weighted by molar-refractivity contribution is 0.0715. The Morgan fingerprint density at radius 3 is 2.22 bits per heavy atom. The fourth-order valence-corrected chi connectivity index (χ4v) is 3.90. The second-order valence-electron chi connectivity index (χ2n) is 6.54. The summed E-state index contributed by atoms with van der Waals surface area (Å²) in [4.78, 5) is 29.5. The minimum atomic E-state index is -0.0711. The molecule has 0 bridgehead atoms. The van der Waals surface area contributed by atoms with Gasteiger partial charge in [-0.15, -0.1) is 0 Å². The second-order valence-corrected chi connectivity index (χ2v) is 7.33. The standard InChI is InChI=1S/C20H23BrN2O4/c1-13-17(18(21)14(2)27-13)20(25)23-10-6-9-22(11-12-23)19(24)15-7-4-5-8-16(15)26-3/h4-5,7-8H,6,9-12H2,1-3H3. The van der Waals surface area contributed by atoms with Crippen LogP contribution in [0.15, 0.2) is 33.2 Å². The van der Waals surface area contributed by atoms with Crippen molar-refractivity contribution < 1.29 is 18.7 Å². The van der Waals surface area contributed by atoms with Gasteiger partial charge in [-0.05, 0) is 48.3 Å². The molecule has 2 aromatic rings. The Hall–Kier alpha value is -2.28. The summed E-state index contributed by atoms with van der Waals surface area (Å²) in [5.41, 5.74) is 1.11. The predicted octanol–water partition coefficient (Wildman–Crippen LogP) is 3.66. The Balaban J connectivity index is 1.74. The van der Waals surface area contributed by atoms with Crippen LogP contribution in [0, 0.1) is 13.8 Å². The highest BCUT2D eigenvalue weighted by molar-refractivity contribution is 9.10. The zero-order valence-corrected chi connectivity index (χ0v) is 17.3. The fraction of sp³-hybridized carbons (Fsp3) is 0.400. The first-order chi connectivity index (χ1) is 12.9. The summed E-state index contributed by atoms with van der Waals surface area (Å²) >= 11 is 3.45. The molecule has 27 heavy (non-hydrogen) atoms. The fourth-order valence-electron chi connectivity index (χ4n) is 3.37. The van der Waals surface area contributed by atoms with Gasteiger partial charge in [0.05, 0.1) is 22.7 Å². The van der Waals surface area contributed by atoms with Gasteiger partial charge < -0.3 is 19.0 Å². The lowest BCUT2D eigenvalue weighted by atomic mass is 10.1. The third kappa shape index (κ3) is 3.88. The van der Waals surface area contributed by atoms with E-state index in [1.807, 2.05) is 19.1 Å². The molecule has 0 unspecified atom stereocenters. The van der Waals surface area contributed by atoms with Crippen molar-refractivity contribution in [3.05, 3.63) is 51.4 Å². The zero-order chi connectivity index (χ0) is 19.6. The number of para-hydroxylation sites is 1. The van der Waals surface area contributed by atoms with E-state index in [-0.39, 0.29) is 11.8 Å². The number of aryl methyl sites for hydroxylation is 2. The van der Waals surface area contributed by atoms with E-state index in [1.165, 1.54) is 0 Å². The maximum absolute atomic E-state index is 13.0. The highest BCUT2D eigenvalue weighted by Crippen LogP contribution is 2.29. The number of methoxy groups -OCH3 is 1. The number of rotatable bonds is 3.